The number of nitrogens with zero attached hydrogens (tertiary/aromatic N) is 2. The van der Waals surface area contributed by atoms with Crippen molar-refractivity contribution in [2.75, 3.05) is 13.1 Å². The van der Waals surface area contributed by atoms with Crippen molar-refractivity contribution in [2.45, 2.75) is 6.42 Å². The summed E-state index contributed by atoms with van der Waals surface area (Å²) in [5.74, 6) is 4.89. The first-order valence-corrected chi connectivity index (χ1v) is 6.31. The average molecular weight is 287 g/mol. The van der Waals surface area contributed by atoms with Crippen molar-refractivity contribution in [1.29, 1.82) is 0 Å². The van der Waals surface area contributed by atoms with E-state index in [4.69, 9.17) is 5.73 Å². The highest BCUT2D eigenvalue weighted by atomic mass is 19.1. The third kappa shape index (κ3) is 4.12. The highest BCUT2D eigenvalue weighted by Gasteiger charge is 2.11. The van der Waals surface area contributed by atoms with Gasteiger partial charge in [-0.3, -0.25) is 9.89 Å². The molecule has 21 heavy (non-hydrogen) atoms. The molecule has 4 N–H and O–H groups in total. The number of nitrogens with two attached hydrogens (primary N) is 1. The summed E-state index contributed by atoms with van der Waals surface area (Å²) in [6.45, 7) is 0.535. The predicted molar refractivity (Wildman–Crippen MR) is 74.8 cm³/mol. The lowest BCUT2D eigenvalue weighted by Crippen LogP contribution is -2.26. The van der Waals surface area contributed by atoms with Gasteiger partial charge in [-0.25, -0.2) is 9.37 Å². The first-order valence-electron chi connectivity index (χ1n) is 6.31. The van der Waals surface area contributed by atoms with Crippen LogP contribution in [0.2, 0.25) is 0 Å². The summed E-state index contributed by atoms with van der Waals surface area (Å²) in [7, 11) is 0. The Labute approximate surface area is 121 Å². The van der Waals surface area contributed by atoms with Crippen LogP contribution in [0.4, 0.5) is 4.39 Å². The maximum Gasteiger partial charge on any atom is 0.254 e. The van der Waals surface area contributed by atoms with Gasteiger partial charge >= 0.3 is 0 Å². The van der Waals surface area contributed by atoms with E-state index < -0.39 is 11.7 Å². The molecule has 0 fully saturated rings. The minimum Gasteiger partial charge on any atom is -0.351 e. The van der Waals surface area contributed by atoms with Gasteiger partial charge in [0, 0.05) is 18.5 Å². The minimum absolute atomic E-state index is 0.0223. The zero-order valence-electron chi connectivity index (χ0n) is 11.2. The highest BCUT2D eigenvalue weighted by molar-refractivity contribution is 5.94. The van der Waals surface area contributed by atoms with Gasteiger partial charge in [0.15, 0.2) is 0 Å². The monoisotopic (exact) mass is 287 g/mol. The van der Waals surface area contributed by atoms with Crippen LogP contribution >= 0.6 is 0 Å². The molecule has 1 heterocycles. The number of aromatic nitrogens is 3. The predicted octanol–water partition coefficient (Wildman–Crippen LogP) is 0.226. The molecule has 0 aliphatic heterocycles. The molecule has 2 rings (SSSR count). The Balaban J connectivity index is 1.95. The summed E-state index contributed by atoms with van der Waals surface area (Å²) in [6, 6.07) is 4.20. The molecular weight excluding hydrogens is 273 g/mol. The Kier molecular flexibility index (Phi) is 5.01. The number of hydrogen-bond donors (Lipinski definition) is 3. The maximum absolute atomic E-state index is 13.8. The Morgan fingerprint density at radius 2 is 2.33 bits per heavy atom. The zero-order chi connectivity index (χ0) is 15.1. The Hall–Kier alpha value is -2.72. The summed E-state index contributed by atoms with van der Waals surface area (Å²) >= 11 is 0. The van der Waals surface area contributed by atoms with E-state index in [1.165, 1.54) is 18.5 Å². The van der Waals surface area contributed by atoms with Gasteiger partial charge in [0.25, 0.3) is 5.91 Å². The van der Waals surface area contributed by atoms with Crippen molar-refractivity contribution in [3.05, 3.63) is 47.3 Å². The smallest absolute Gasteiger partial charge is 0.254 e. The molecular formula is C14H14FN5O. The highest BCUT2D eigenvalue weighted by Crippen LogP contribution is 2.09. The standard InChI is InChI=1S/C14H14FN5O/c15-12-8-10(2-1-6-16)3-4-11(12)14(21)17-7-5-13-18-9-19-20-13/h3-4,8-9H,5-7,16H2,(H,17,21)(H,18,19,20). The van der Waals surface area contributed by atoms with Crippen LogP contribution < -0.4 is 11.1 Å². The number of carbonyl (C=O) groups excluding carboxylic acids is 1. The topological polar surface area (TPSA) is 96.7 Å². The molecule has 2 aromatic rings. The lowest BCUT2D eigenvalue weighted by molar-refractivity contribution is 0.0950. The van der Waals surface area contributed by atoms with Crippen LogP contribution in [0, 0.1) is 17.7 Å². The van der Waals surface area contributed by atoms with Crippen LogP contribution in [-0.2, 0) is 6.42 Å². The lowest BCUT2D eigenvalue weighted by Gasteiger charge is -2.05. The van der Waals surface area contributed by atoms with Gasteiger partial charge in [-0.15, -0.1) is 0 Å². The number of H-pyrrole nitrogens is 1. The number of carbonyl (C=O) groups is 1. The molecule has 0 radical (unpaired) electrons. The summed E-state index contributed by atoms with van der Waals surface area (Å²) in [5.41, 5.74) is 5.70. The molecule has 7 heteroatoms. The molecule has 0 aliphatic rings. The second kappa shape index (κ2) is 7.17. The molecule has 0 saturated heterocycles. The third-order valence-corrected chi connectivity index (χ3v) is 2.66. The van der Waals surface area contributed by atoms with Crippen LogP contribution in [-0.4, -0.2) is 34.2 Å². The number of benzene rings is 1. The molecule has 0 aliphatic carbocycles. The number of hydrogen-bond acceptors (Lipinski definition) is 4. The van der Waals surface area contributed by atoms with Crippen LogP contribution in [0.5, 0.6) is 0 Å². The molecule has 1 amide bonds. The Morgan fingerprint density at radius 3 is 3.00 bits per heavy atom. The normalized spacial score (nSPS) is 9.81. The number of halogens is 1. The SMILES string of the molecule is NCC#Cc1ccc(C(=O)NCCc2ncn[nH]2)c(F)c1. The van der Waals surface area contributed by atoms with Gasteiger partial charge in [-0.05, 0) is 18.2 Å². The number of amides is 1. The second-order valence-corrected chi connectivity index (χ2v) is 4.14. The molecule has 0 saturated carbocycles. The van der Waals surface area contributed by atoms with Crippen molar-refractivity contribution in [2.24, 2.45) is 5.73 Å². The fourth-order valence-electron chi connectivity index (χ4n) is 1.67. The molecule has 0 unspecified atom stereocenters. The first kappa shape index (κ1) is 14.7. The van der Waals surface area contributed by atoms with E-state index in [2.05, 4.69) is 32.3 Å². The largest absolute Gasteiger partial charge is 0.351 e. The second-order valence-electron chi connectivity index (χ2n) is 4.14. The first-order chi connectivity index (χ1) is 10.2. The van der Waals surface area contributed by atoms with Crippen molar-refractivity contribution in [1.82, 2.24) is 20.5 Å². The number of aromatic amines is 1. The van der Waals surface area contributed by atoms with Crippen molar-refractivity contribution in [3.8, 4) is 11.8 Å². The Morgan fingerprint density at radius 1 is 1.48 bits per heavy atom. The van der Waals surface area contributed by atoms with Crippen LogP contribution in [0.25, 0.3) is 0 Å². The van der Waals surface area contributed by atoms with Crippen LogP contribution in [0.15, 0.2) is 24.5 Å². The number of nitrogens with one attached hydrogen (secondary N) is 2. The van der Waals surface area contributed by atoms with Crippen molar-refractivity contribution in [3.63, 3.8) is 0 Å². The molecule has 1 aromatic heterocycles. The third-order valence-electron chi connectivity index (χ3n) is 2.66. The quantitative estimate of drug-likeness (QED) is 0.701. The maximum atomic E-state index is 13.8. The summed E-state index contributed by atoms with van der Waals surface area (Å²) in [5, 5.41) is 8.99. The van der Waals surface area contributed by atoms with E-state index in [-0.39, 0.29) is 12.1 Å². The van der Waals surface area contributed by atoms with E-state index in [0.29, 0.717) is 24.4 Å². The fourth-order valence-corrected chi connectivity index (χ4v) is 1.67. The van der Waals surface area contributed by atoms with Gasteiger partial charge in [-0.1, -0.05) is 11.8 Å². The van der Waals surface area contributed by atoms with E-state index in [1.807, 2.05) is 0 Å². The van der Waals surface area contributed by atoms with Crippen molar-refractivity contribution < 1.29 is 9.18 Å². The fraction of sp³-hybridized carbons (Fsp3) is 0.214. The van der Waals surface area contributed by atoms with E-state index in [1.54, 1.807) is 6.07 Å². The number of rotatable bonds is 4. The molecule has 0 spiro atoms. The summed E-state index contributed by atoms with van der Waals surface area (Å²) in [6.07, 6.45) is 1.88. The van der Waals surface area contributed by atoms with Gasteiger partial charge < -0.3 is 11.1 Å². The molecule has 1 aromatic carbocycles. The molecule has 0 atom stereocenters. The van der Waals surface area contributed by atoms with E-state index >= 15 is 0 Å². The molecule has 108 valence electrons. The summed E-state index contributed by atoms with van der Waals surface area (Å²) < 4.78 is 13.8. The van der Waals surface area contributed by atoms with Crippen LogP contribution in [0.1, 0.15) is 21.7 Å². The molecule has 0 bridgehead atoms. The van der Waals surface area contributed by atoms with Gasteiger partial charge in [0.1, 0.15) is 18.0 Å². The minimum atomic E-state index is -0.615. The molecule has 6 nitrogen and oxygen atoms in total. The van der Waals surface area contributed by atoms with Crippen molar-refractivity contribution >= 4 is 5.91 Å². The average Bonchev–Trinajstić information content (AvgIpc) is 2.98. The van der Waals surface area contributed by atoms with Gasteiger partial charge in [0.05, 0.1) is 12.1 Å². The lowest BCUT2D eigenvalue weighted by atomic mass is 10.1. The van der Waals surface area contributed by atoms with Gasteiger partial charge in [0.2, 0.25) is 0 Å². The summed E-state index contributed by atoms with van der Waals surface area (Å²) in [4.78, 5) is 15.8. The van der Waals surface area contributed by atoms with Gasteiger partial charge in [-0.2, -0.15) is 5.10 Å². The van der Waals surface area contributed by atoms with E-state index in [9.17, 15) is 9.18 Å². The van der Waals surface area contributed by atoms with E-state index in [0.717, 1.165) is 0 Å². The zero-order valence-corrected chi connectivity index (χ0v) is 11.2. The van der Waals surface area contributed by atoms with Crippen LogP contribution in [0.3, 0.4) is 0 Å². The Bertz CT molecular complexity index is 672.